The number of nitrogen functional groups attached to an aromatic ring is 1. The Kier molecular flexibility index (Phi) is 4.08. The molecular formula is C12H9Cl2FN2O2S. The van der Waals surface area contributed by atoms with Crippen molar-refractivity contribution in [2.24, 2.45) is 0 Å². The molecule has 0 radical (unpaired) electrons. The Morgan fingerprint density at radius 3 is 2.40 bits per heavy atom. The highest BCUT2D eigenvalue weighted by molar-refractivity contribution is 7.92. The Hall–Kier alpha value is -1.50. The van der Waals surface area contributed by atoms with E-state index in [2.05, 4.69) is 4.72 Å². The van der Waals surface area contributed by atoms with E-state index in [9.17, 15) is 12.8 Å². The van der Waals surface area contributed by atoms with E-state index < -0.39 is 15.8 Å². The number of benzene rings is 2. The van der Waals surface area contributed by atoms with Crippen LogP contribution < -0.4 is 10.5 Å². The summed E-state index contributed by atoms with van der Waals surface area (Å²) >= 11 is 11.2. The topological polar surface area (TPSA) is 72.2 Å². The molecule has 2 aromatic carbocycles. The summed E-state index contributed by atoms with van der Waals surface area (Å²) in [6, 6.07) is 7.56. The maximum absolute atomic E-state index is 13.3. The first-order valence-electron chi connectivity index (χ1n) is 5.32. The SMILES string of the molecule is Nc1cc(Cl)ccc1S(=O)(=O)Nc1ccc(Cl)c(F)c1. The summed E-state index contributed by atoms with van der Waals surface area (Å²) in [4.78, 5) is -0.141. The molecule has 0 saturated heterocycles. The standard InChI is InChI=1S/C12H9Cl2FN2O2S/c13-7-1-4-12(11(16)5-7)20(18,19)17-8-2-3-9(14)10(15)6-8/h1-6,17H,16H2. The Morgan fingerprint density at radius 1 is 1.10 bits per heavy atom. The first-order chi connectivity index (χ1) is 9.29. The third-order valence-electron chi connectivity index (χ3n) is 2.43. The molecule has 0 aromatic heterocycles. The zero-order valence-corrected chi connectivity index (χ0v) is 12.2. The third kappa shape index (κ3) is 3.15. The van der Waals surface area contributed by atoms with Crippen molar-refractivity contribution in [1.82, 2.24) is 0 Å². The van der Waals surface area contributed by atoms with E-state index in [0.29, 0.717) is 5.02 Å². The number of halogens is 3. The second-order valence-electron chi connectivity index (χ2n) is 3.92. The lowest BCUT2D eigenvalue weighted by Gasteiger charge is -2.10. The molecule has 0 saturated carbocycles. The number of nitrogens with two attached hydrogens (primary N) is 1. The van der Waals surface area contributed by atoms with Gasteiger partial charge in [-0.2, -0.15) is 0 Å². The summed E-state index contributed by atoms with van der Waals surface area (Å²) in [5.41, 5.74) is 5.66. The van der Waals surface area contributed by atoms with E-state index in [1.54, 1.807) is 0 Å². The van der Waals surface area contributed by atoms with Gasteiger partial charge in [-0.05, 0) is 36.4 Å². The molecule has 3 N–H and O–H groups in total. The highest BCUT2D eigenvalue weighted by Gasteiger charge is 2.18. The van der Waals surface area contributed by atoms with Crippen molar-refractivity contribution in [3.05, 3.63) is 52.3 Å². The Bertz CT molecular complexity index is 766. The minimum Gasteiger partial charge on any atom is -0.398 e. The molecule has 0 aliphatic heterocycles. The highest BCUT2D eigenvalue weighted by Crippen LogP contribution is 2.26. The summed E-state index contributed by atoms with van der Waals surface area (Å²) in [5.74, 6) is -0.726. The second-order valence-corrected chi connectivity index (χ2v) is 6.41. The molecule has 106 valence electrons. The van der Waals surface area contributed by atoms with Gasteiger partial charge in [-0.1, -0.05) is 23.2 Å². The van der Waals surface area contributed by atoms with Crippen molar-refractivity contribution in [2.45, 2.75) is 4.90 Å². The van der Waals surface area contributed by atoms with E-state index in [0.717, 1.165) is 6.07 Å². The molecule has 0 unspecified atom stereocenters. The molecule has 0 heterocycles. The molecule has 4 nitrogen and oxygen atoms in total. The van der Waals surface area contributed by atoms with E-state index in [1.165, 1.54) is 30.3 Å². The van der Waals surface area contributed by atoms with Gasteiger partial charge >= 0.3 is 0 Å². The monoisotopic (exact) mass is 334 g/mol. The Labute approximate surface area is 125 Å². The number of hydrogen-bond donors (Lipinski definition) is 2. The van der Waals surface area contributed by atoms with Crippen molar-refractivity contribution in [3.8, 4) is 0 Å². The summed E-state index contributed by atoms with van der Waals surface area (Å²) in [6.45, 7) is 0. The zero-order valence-electron chi connectivity index (χ0n) is 9.90. The first kappa shape index (κ1) is 14.9. The molecule has 8 heteroatoms. The van der Waals surface area contributed by atoms with Gasteiger partial charge in [0.25, 0.3) is 10.0 Å². The summed E-state index contributed by atoms with van der Waals surface area (Å²) in [5, 5.41) is 0.220. The lowest BCUT2D eigenvalue weighted by atomic mass is 10.3. The second kappa shape index (κ2) is 5.47. The molecule has 0 fully saturated rings. The lowest BCUT2D eigenvalue weighted by Crippen LogP contribution is -2.14. The normalized spacial score (nSPS) is 11.3. The van der Waals surface area contributed by atoms with Gasteiger partial charge < -0.3 is 5.73 Å². The lowest BCUT2D eigenvalue weighted by molar-refractivity contribution is 0.601. The average Bonchev–Trinajstić information content (AvgIpc) is 2.33. The Balaban J connectivity index is 2.38. The smallest absolute Gasteiger partial charge is 0.263 e. The minimum absolute atomic E-state index is 0.000523. The van der Waals surface area contributed by atoms with Crippen LogP contribution in [0, 0.1) is 5.82 Å². The van der Waals surface area contributed by atoms with Crippen LogP contribution in [-0.4, -0.2) is 8.42 Å². The van der Waals surface area contributed by atoms with Crippen LogP contribution >= 0.6 is 23.2 Å². The summed E-state index contributed by atoms with van der Waals surface area (Å²) in [7, 11) is -3.93. The van der Waals surface area contributed by atoms with Crippen LogP contribution in [0.1, 0.15) is 0 Å². The van der Waals surface area contributed by atoms with E-state index in [4.69, 9.17) is 28.9 Å². The van der Waals surface area contributed by atoms with Crippen LogP contribution in [0.2, 0.25) is 10.0 Å². The van der Waals surface area contributed by atoms with Crippen LogP contribution in [0.15, 0.2) is 41.3 Å². The fourth-order valence-electron chi connectivity index (χ4n) is 1.53. The molecule has 0 bridgehead atoms. The molecule has 2 rings (SSSR count). The van der Waals surface area contributed by atoms with Gasteiger partial charge in [0.2, 0.25) is 0 Å². The van der Waals surface area contributed by atoms with Crippen LogP contribution in [0.3, 0.4) is 0 Å². The van der Waals surface area contributed by atoms with Crippen molar-refractivity contribution < 1.29 is 12.8 Å². The average molecular weight is 335 g/mol. The van der Waals surface area contributed by atoms with Crippen molar-refractivity contribution >= 4 is 44.6 Å². The Morgan fingerprint density at radius 2 is 1.80 bits per heavy atom. The maximum atomic E-state index is 13.3. The summed E-state index contributed by atoms with van der Waals surface area (Å²) < 4.78 is 39.8. The number of anilines is 2. The number of rotatable bonds is 3. The van der Waals surface area contributed by atoms with Gasteiger partial charge in [-0.15, -0.1) is 0 Å². The molecule has 0 spiro atoms. The zero-order chi connectivity index (χ0) is 14.9. The van der Waals surface area contributed by atoms with E-state index in [1.807, 2.05) is 0 Å². The minimum atomic E-state index is -3.93. The molecule has 2 aromatic rings. The van der Waals surface area contributed by atoms with Gasteiger partial charge in [0.15, 0.2) is 0 Å². The molecule has 0 amide bonds. The van der Waals surface area contributed by atoms with Gasteiger partial charge in [-0.25, -0.2) is 12.8 Å². The molecule has 0 atom stereocenters. The number of sulfonamides is 1. The highest BCUT2D eigenvalue weighted by atomic mass is 35.5. The fraction of sp³-hybridized carbons (Fsp3) is 0. The van der Waals surface area contributed by atoms with Crippen molar-refractivity contribution in [2.75, 3.05) is 10.5 Å². The molecule has 0 aliphatic rings. The predicted molar refractivity (Wildman–Crippen MR) is 78.1 cm³/mol. The predicted octanol–water partition coefficient (Wildman–Crippen LogP) is 3.52. The number of hydrogen-bond acceptors (Lipinski definition) is 3. The van der Waals surface area contributed by atoms with Gasteiger partial charge in [0.05, 0.1) is 16.4 Å². The van der Waals surface area contributed by atoms with Crippen LogP contribution in [0.5, 0.6) is 0 Å². The quantitative estimate of drug-likeness (QED) is 0.843. The largest absolute Gasteiger partial charge is 0.398 e. The maximum Gasteiger partial charge on any atom is 0.263 e. The summed E-state index contributed by atoms with van der Waals surface area (Å²) in [6.07, 6.45) is 0. The van der Waals surface area contributed by atoms with Crippen LogP contribution in [-0.2, 0) is 10.0 Å². The third-order valence-corrected chi connectivity index (χ3v) is 4.43. The first-order valence-corrected chi connectivity index (χ1v) is 7.56. The van der Waals surface area contributed by atoms with E-state index in [-0.39, 0.29) is 21.3 Å². The fourth-order valence-corrected chi connectivity index (χ4v) is 3.00. The molecule has 20 heavy (non-hydrogen) atoms. The van der Waals surface area contributed by atoms with E-state index >= 15 is 0 Å². The van der Waals surface area contributed by atoms with Crippen molar-refractivity contribution in [1.29, 1.82) is 0 Å². The van der Waals surface area contributed by atoms with Gasteiger partial charge in [-0.3, -0.25) is 4.72 Å². The number of nitrogens with one attached hydrogen (secondary N) is 1. The van der Waals surface area contributed by atoms with Crippen molar-refractivity contribution in [3.63, 3.8) is 0 Å². The van der Waals surface area contributed by atoms with Crippen LogP contribution in [0.25, 0.3) is 0 Å². The van der Waals surface area contributed by atoms with Gasteiger partial charge in [0.1, 0.15) is 10.7 Å². The van der Waals surface area contributed by atoms with Crippen LogP contribution in [0.4, 0.5) is 15.8 Å². The molecular weight excluding hydrogens is 326 g/mol. The molecule has 0 aliphatic carbocycles. The van der Waals surface area contributed by atoms with Gasteiger partial charge in [0, 0.05) is 5.02 Å².